The smallest absolute Gasteiger partial charge is 0.481 e. The summed E-state index contributed by atoms with van der Waals surface area (Å²) in [6, 6.07) is 3.04. The van der Waals surface area contributed by atoms with Gasteiger partial charge in [-0.05, 0) is 42.9 Å². The number of carbonyl (C=O) groups excluding carboxylic acids is 7. The van der Waals surface area contributed by atoms with Crippen molar-refractivity contribution >= 4 is 104 Å². The van der Waals surface area contributed by atoms with Crippen LogP contribution in [0.5, 0.6) is 0 Å². The van der Waals surface area contributed by atoms with Gasteiger partial charge < -0.3 is 76.8 Å². The van der Waals surface area contributed by atoms with Crippen LogP contribution in [-0.4, -0.2) is 195 Å². The molecule has 2 saturated heterocycles. The molecule has 3 fully saturated rings. The summed E-state index contributed by atoms with van der Waals surface area (Å²) >= 11 is 0. The number of fused-ring (bicyclic) bond motifs is 2. The number of alkyl halides is 2. The number of phosphoric ester groups is 1. The zero-order valence-electron chi connectivity index (χ0n) is 51.5. The van der Waals surface area contributed by atoms with Gasteiger partial charge in [0.1, 0.15) is 67.4 Å². The summed E-state index contributed by atoms with van der Waals surface area (Å²) in [5, 5.41) is 24.5. The second kappa shape index (κ2) is 32.1. The summed E-state index contributed by atoms with van der Waals surface area (Å²) in [5.41, 5.74) is 10.8. The van der Waals surface area contributed by atoms with Crippen molar-refractivity contribution in [2.75, 3.05) is 56.3 Å². The summed E-state index contributed by atoms with van der Waals surface area (Å²) in [7, 11) is -7.05. The minimum absolute atomic E-state index is 0.0277. The average Bonchev–Trinajstić information content (AvgIpc) is 1.56. The molecule has 4 aromatic heterocycles. The molecule has 3 aliphatic rings. The van der Waals surface area contributed by atoms with E-state index in [0.29, 0.717) is 18.4 Å². The number of nitrogens with one attached hydrogen (secondary N) is 6. The Morgan fingerprint density at radius 3 is 2.24 bits per heavy atom. The lowest BCUT2D eigenvalue weighted by Gasteiger charge is -2.25. The predicted molar refractivity (Wildman–Crippen MR) is 323 cm³/mol. The van der Waals surface area contributed by atoms with Crippen LogP contribution in [0.25, 0.3) is 22.3 Å². The Morgan fingerprint density at radius 1 is 0.863 bits per heavy atom. The average molecular weight is 1380 g/mol. The highest BCUT2D eigenvalue weighted by Crippen LogP contribution is 2.58. The van der Waals surface area contributed by atoms with E-state index in [0.717, 1.165) is 22.1 Å². The molecule has 95 heavy (non-hydrogen) atoms. The summed E-state index contributed by atoms with van der Waals surface area (Å²) in [6.07, 6.45) is -8.25. The van der Waals surface area contributed by atoms with Gasteiger partial charge in [-0.15, -0.1) is 9.05 Å². The number of aromatic nitrogens is 8. The van der Waals surface area contributed by atoms with E-state index in [2.05, 4.69) is 66.3 Å². The fourth-order valence-electron chi connectivity index (χ4n) is 10.3. The molecule has 12 unspecified atom stereocenters. The van der Waals surface area contributed by atoms with Gasteiger partial charge in [0.25, 0.3) is 0 Å². The number of urea groups is 1. The number of benzene rings is 1. The van der Waals surface area contributed by atoms with E-state index in [1.165, 1.54) is 36.4 Å². The first-order chi connectivity index (χ1) is 45.1. The van der Waals surface area contributed by atoms with Crippen LogP contribution in [0, 0.1) is 11.8 Å². The standard InChI is InChI=1S/C54H71F2N17O20P2/c1-5-7-29(18-36(75)76)46(77)59-15-13-35(74)69-38(27(2)3)48(79)68-32(8-6-14-60-51(58)80)47(78)67-30-11-9-28(10-12-30)21-88-53(82)71(4)16-17-87-52(81)70-43-40-45(64-24-62-43)73(26-66-40)50-37(56)41(33(90-50)22-89-95(84,85)86)93-94(83)92-34-20-54(34)19-31(55)49(91-54)72-25-65-39-42(57)61-23-63-44(39)72/h9-12,23-27,29,31-34,37-38,41,49-50H,5-8,13-22H2,1-4H3,(H12-,57,58,59,60,61,62,63,64,67,68,69,70,74,75,76,77,78,79,80,81,84,85,86)/p+1. The van der Waals surface area contributed by atoms with Crippen molar-refractivity contribution in [2.24, 2.45) is 17.6 Å². The van der Waals surface area contributed by atoms with E-state index >= 15 is 8.78 Å². The molecule has 12 atom stereocenters. The van der Waals surface area contributed by atoms with Gasteiger partial charge in [0.15, 0.2) is 53.2 Å². The van der Waals surface area contributed by atoms with Crippen molar-refractivity contribution in [3.63, 3.8) is 0 Å². The van der Waals surface area contributed by atoms with Gasteiger partial charge in [0.05, 0.1) is 32.2 Å². The molecule has 5 aromatic rings. The van der Waals surface area contributed by atoms with Crippen LogP contribution in [0.4, 0.5) is 40.5 Å². The number of phosphoric acid groups is 1. The van der Waals surface area contributed by atoms with Crippen LogP contribution in [0.1, 0.15) is 90.2 Å². The quantitative estimate of drug-likeness (QED) is 0.0212. The Bertz CT molecular complexity index is 3670. The van der Waals surface area contributed by atoms with Crippen molar-refractivity contribution in [3.8, 4) is 0 Å². The molecule has 2 aliphatic heterocycles. The van der Waals surface area contributed by atoms with E-state index in [1.807, 2.05) is 6.92 Å². The number of amides is 8. The molecule has 37 nitrogen and oxygen atoms in total. The number of carboxylic acids is 1. The number of hydrogen-bond donors (Lipinski definition) is 11. The molecule has 8 rings (SSSR count). The Labute approximate surface area is 539 Å². The molecule has 8 amide bonds. The Kier molecular flexibility index (Phi) is 24.3. The van der Waals surface area contributed by atoms with Crippen LogP contribution >= 0.6 is 16.1 Å². The minimum atomic E-state index is -5.18. The number of imidazole rings is 2. The number of halogens is 2. The highest BCUT2D eigenvalue weighted by Gasteiger charge is 2.68. The van der Waals surface area contributed by atoms with Gasteiger partial charge in [-0.1, -0.05) is 39.3 Å². The Morgan fingerprint density at radius 2 is 1.56 bits per heavy atom. The Balaban J connectivity index is 0.786. The van der Waals surface area contributed by atoms with Crippen LogP contribution < -0.4 is 43.4 Å². The molecule has 1 spiro atoms. The van der Waals surface area contributed by atoms with Crippen molar-refractivity contribution in [1.29, 1.82) is 0 Å². The maximum atomic E-state index is 16.6. The first kappa shape index (κ1) is 72.0. The van der Waals surface area contributed by atoms with Gasteiger partial charge >= 0.3 is 40.3 Å². The SMILES string of the molecule is CCCC(CC(=O)O)C(=O)NCCC(=O)NC(C(=O)NC(CCCNC(N)=O)C(=O)Nc1ccc(COC(=O)N(C)CCOC(=O)Nc2ncnc3c2ncn3C2OC(COP(=O)(O)O)C(O[P+](=O)OC3CC34CC(F)C(n3cnc5c(N)ncnc53)O4)C2F)cc1)C(C)C. The van der Waals surface area contributed by atoms with E-state index in [4.69, 9.17) is 44.6 Å². The van der Waals surface area contributed by atoms with Crippen molar-refractivity contribution in [2.45, 2.75) is 140 Å². The lowest BCUT2D eigenvalue weighted by Crippen LogP contribution is -2.54. The zero-order valence-corrected chi connectivity index (χ0v) is 53.3. The number of carboxylic acid groups (broad SMARTS) is 1. The molecule has 516 valence electrons. The first-order valence-electron chi connectivity index (χ1n) is 29.7. The van der Waals surface area contributed by atoms with Gasteiger partial charge in [-0.25, -0.2) is 57.6 Å². The lowest BCUT2D eigenvalue weighted by molar-refractivity contribution is -0.141. The van der Waals surface area contributed by atoms with Gasteiger partial charge in [0, 0.05) is 55.6 Å². The van der Waals surface area contributed by atoms with Crippen LogP contribution in [-0.2, 0) is 72.2 Å². The van der Waals surface area contributed by atoms with Crippen molar-refractivity contribution < 1.29 is 104 Å². The number of rotatable bonds is 33. The number of nitrogens with zero attached hydrogens (tertiary/aromatic N) is 9. The van der Waals surface area contributed by atoms with Gasteiger partial charge in [0.2, 0.25) is 23.6 Å². The number of nitrogens with two attached hydrogens (primary N) is 2. The number of anilines is 3. The molecular formula is C54H72F2N17O20P2+. The maximum absolute atomic E-state index is 16.6. The van der Waals surface area contributed by atoms with E-state index in [-0.39, 0.29) is 111 Å². The number of likely N-dealkylation sites (N-methyl/N-ethyl adjacent to an activating group) is 1. The molecule has 1 aromatic carbocycles. The predicted octanol–water partition coefficient (Wildman–Crippen LogP) is 2.65. The van der Waals surface area contributed by atoms with E-state index in [1.54, 1.807) is 26.0 Å². The van der Waals surface area contributed by atoms with Crippen molar-refractivity contribution in [1.82, 2.24) is 65.2 Å². The van der Waals surface area contributed by atoms with Gasteiger partial charge in [-0.3, -0.25) is 42.9 Å². The summed E-state index contributed by atoms with van der Waals surface area (Å²) < 4.78 is 97.7. The normalized spacial score (nSPS) is 21.7. The number of aliphatic carboxylic acids is 1. The molecule has 1 saturated carbocycles. The monoisotopic (exact) mass is 1380 g/mol. The number of ether oxygens (including phenoxy) is 4. The van der Waals surface area contributed by atoms with Crippen LogP contribution in [0.15, 0.2) is 49.6 Å². The maximum Gasteiger partial charge on any atom is 0.698 e. The molecule has 1 aliphatic carbocycles. The second-order valence-corrected chi connectivity index (χ2v) is 24.7. The third-order valence-electron chi connectivity index (χ3n) is 15.3. The number of carbonyl (C=O) groups is 8. The highest BCUT2D eigenvalue weighted by atomic mass is 31.2. The summed E-state index contributed by atoms with van der Waals surface area (Å²) in [5.74, 6) is -4.96. The fourth-order valence-corrected chi connectivity index (χ4v) is 11.7. The number of nitrogen functional groups attached to an aromatic ring is 1. The van der Waals surface area contributed by atoms with Crippen LogP contribution in [0.2, 0.25) is 0 Å². The van der Waals surface area contributed by atoms with Gasteiger partial charge in [-0.2, -0.15) is 0 Å². The topological polar surface area (TPSA) is 511 Å². The molecule has 13 N–H and O–H groups in total. The third kappa shape index (κ3) is 19.2. The fraction of sp³-hybridized carbons (Fsp3) is 0.556. The van der Waals surface area contributed by atoms with E-state index in [9.17, 15) is 57.3 Å². The summed E-state index contributed by atoms with van der Waals surface area (Å²) in [6.45, 7) is 3.37. The largest absolute Gasteiger partial charge is 0.698 e. The Hall–Kier alpha value is -8.81. The lowest BCUT2D eigenvalue weighted by atomic mass is 9.99. The molecular weight excluding hydrogens is 1310 g/mol. The summed E-state index contributed by atoms with van der Waals surface area (Å²) in [4.78, 5) is 146. The zero-order chi connectivity index (χ0) is 68.9. The number of primary amides is 1. The molecule has 0 radical (unpaired) electrons. The van der Waals surface area contributed by atoms with Crippen molar-refractivity contribution in [3.05, 3.63) is 55.1 Å². The first-order valence-corrected chi connectivity index (χ1v) is 32.3. The molecule has 41 heteroatoms. The molecule has 0 bridgehead atoms. The highest BCUT2D eigenvalue weighted by molar-refractivity contribution is 7.46. The minimum Gasteiger partial charge on any atom is -0.481 e. The third-order valence-corrected chi connectivity index (χ3v) is 16.6. The molecule has 6 heterocycles. The van der Waals surface area contributed by atoms with E-state index < -0.39 is 143 Å². The number of hydrogen-bond acceptors (Lipinski definition) is 24. The van der Waals surface area contributed by atoms with Crippen LogP contribution in [0.3, 0.4) is 0 Å². The second-order valence-electron chi connectivity index (χ2n) is 22.6.